The van der Waals surface area contributed by atoms with Crippen molar-refractivity contribution in [1.82, 2.24) is 10.7 Å². The number of benzene rings is 1. The molecule has 1 aromatic heterocycles. The van der Waals surface area contributed by atoms with Gasteiger partial charge in [0, 0.05) is 6.42 Å². The first kappa shape index (κ1) is 16.6. The maximum Gasteiger partial charge on any atom is 0.187 e. The first-order valence-corrected chi connectivity index (χ1v) is 8.19. The lowest BCUT2D eigenvalue weighted by atomic mass is 10.2. The van der Waals surface area contributed by atoms with Crippen molar-refractivity contribution in [3.8, 4) is 11.5 Å². The van der Waals surface area contributed by atoms with E-state index in [0.29, 0.717) is 41.4 Å². The standard InChI is InChI=1S/C16H16ClN3O3S/c17-13-7-11(8-14-15(13)23-6-2-5-22-14)9-19-20-16(24)18-10-12-3-1-4-21-12/h1,3-4,7-9H,2,5-6,10H2,(H2,18,20,24)/b19-9-. The van der Waals surface area contributed by atoms with Crippen molar-refractivity contribution in [2.75, 3.05) is 13.2 Å². The molecule has 0 fully saturated rings. The number of halogens is 1. The average molecular weight is 366 g/mol. The molecule has 0 radical (unpaired) electrons. The molecule has 0 unspecified atom stereocenters. The molecular formula is C16H16ClN3O3S. The summed E-state index contributed by atoms with van der Waals surface area (Å²) in [5.74, 6) is 1.99. The van der Waals surface area contributed by atoms with E-state index in [0.717, 1.165) is 17.7 Å². The van der Waals surface area contributed by atoms with Crippen LogP contribution in [0.25, 0.3) is 0 Å². The summed E-state index contributed by atoms with van der Waals surface area (Å²) in [5.41, 5.74) is 3.52. The zero-order valence-electron chi connectivity index (χ0n) is 12.8. The Morgan fingerprint density at radius 2 is 2.21 bits per heavy atom. The molecule has 1 aliphatic rings. The lowest BCUT2D eigenvalue weighted by Gasteiger charge is -2.10. The molecule has 8 heteroatoms. The average Bonchev–Trinajstić information content (AvgIpc) is 2.97. The third-order valence-corrected chi connectivity index (χ3v) is 3.72. The first-order chi connectivity index (χ1) is 11.7. The molecule has 0 saturated carbocycles. The van der Waals surface area contributed by atoms with Crippen LogP contribution in [0.3, 0.4) is 0 Å². The number of ether oxygens (including phenoxy) is 2. The van der Waals surface area contributed by atoms with E-state index in [4.69, 9.17) is 37.7 Å². The summed E-state index contributed by atoms with van der Waals surface area (Å²) < 4.78 is 16.4. The molecule has 0 saturated heterocycles. The van der Waals surface area contributed by atoms with E-state index in [2.05, 4.69) is 15.8 Å². The predicted octanol–water partition coefficient (Wildman–Crippen LogP) is 3.09. The second-order valence-electron chi connectivity index (χ2n) is 5.01. The molecule has 0 amide bonds. The van der Waals surface area contributed by atoms with Gasteiger partial charge < -0.3 is 19.2 Å². The third-order valence-electron chi connectivity index (χ3n) is 3.21. The van der Waals surface area contributed by atoms with E-state index < -0.39 is 0 Å². The number of thiocarbonyl (C=S) groups is 1. The number of nitrogens with one attached hydrogen (secondary N) is 2. The smallest absolute Gasteiger partial charge is 0.187 e. The van der Waals surface area contributed by atoms with Gasteiger partial charge in [0.25, 0.3) is 0 Å². The monoisotopic (exact) mass is 365 g/mol. The lowest BCUT2D eigenvalue weighted by Crippen LogP contribution is -2.31. The molecule has 1 aromatic carbocycles. The van der Waals surface area contributed by atoms with Gasteiger partial charge in [0.2, 0.25) is 0 Å². The van der Waals surface area contributed by atoms with Crippen LogP contribution >= 0.6 is 23.8 Å². The number of nitrogens with zero attached hydrogens (tertiary/aromatic N) is 1. The Morgan fingerprint density at radius 1 is 1.33 bits per heavy atom. The summed E-state index contributed by atoms with van der Waals surface area (Å²) in [5, 5.41) is 7.96. The largest absolute Gasteiger partial charge is 0.489 e. The van der Waals surface area contributed by atoms with Crippen molar-refractivity contribution in [1.29, 1.82) is 0 Å². The van der Waals surface area contributed by atoms with Gasteiger partial charge >= 0.3 is 0 Å². The second-order valence-corrected chi connectivity index (χ2v) is 5.83. The summed E-state index contributed by atoms with van der Waals surface area (Å²) >= 11 is 11.4. The molecule has 0 atom stereocenters. The Bertz CT molecular complexity index is 734. The van der Waals surface area contributed by atoms with Gasteiger partial charge in [-0.15, -0.1) is 0 Å². The summed E-state index contributed by atoms with van der Waals surface area (Å²) in [6.07, 6.45) is 4.05. The van der Waals surface area contributed by atoms with Crippen LogP contribution in [-0.2, 0) is 6.54 Å². The van der Waals surface area contributed by atoms with E-state index in [1.165, 1.54) is 0 Å². The molecule has 2 N–H and O–H groups in total. The van der Waals surface area contributed by atoms with Crippen molar-refractivity contribution in [3.05, 3.63) is 46.9 Å². The minimum Gasteiger partial charge on any atom is -0.489 e. The Labute approximate surface area is 149 Å². The van der Waals surface area contributed by atoms with Crippen LogP contribution in [0.15, 0.2) is 40.0 Å². The molecule has 2 aromatic rings. The highest BCUT2D eigenvalue weighted by atomic mass is 35.5. The number of hydrazone groups is 1. The Morgan fingerprint density at radius 3 is 3.04 bits per heavy atom. The van der Waals surface area contributed by atoms with E-state index in [1.54, 1.807) is 18.5 Å². The maximum atomic E-state index is 6.23. The van der Waals surface area contributed by atoms with Crippen molar-refractivity contribution >= 4 is 35.1 Å². The van der Waals surface area contributed by atoms with Crippen molar-refractivity contribution < 1.29 is 13.9 Å². The van der Waals surface area contributed by atoms with Crippen molar-refractivity contribution in [2.45, 2.75) is 13.0 Å². The topological polar surface area (TPSA) is 68.0 Å². The quantitative estimate of drug-likeness (QED) is 0.493. The summed E-state index contributed by atoms with van der Waals surface area (Å²) in [6, 6.07) is 7.27. The van der Waals surface area contributed by atoms with Gasteiger partial charge in [0.15, 0.2) is 16.6 Å². The molecular weight excluding hydrogens is 350 g/mol. The number of hydrogen-bond donors (Lipinski definition) is 2. The highest BCUT2D eigenvalue weighted by molar-refractivity contribution is 7.80. The van der Waals surface area contributed by atoms with Crippen LogP contribution in [0, 0.1) is 0 Å². The van der Waals surface area contributed by atoms with Crippen LogP contribution in [-0.4, -0.2) is 24.5 Å². The molecule has 1 aliphatic heterocycles. The van der Waals surface area contributed by atoms with Crippen LogP contribution < -0.4 is 20.2 Å². The van der Waals surface area contributed by atoms with Gasteiger partial charge in [0.05, 0.1) is 37.3 Å². The van der Waals surface area contributed by atoms with Gasteiger partial charge in [-0.2, -0.15) is 5.10 Å². The van der Waals surface area contributed by atoms with Crippen molar-refractivity contribution in [3.63, 3.8) is 0 Å². The van der Waals surface area contributed by atoms with Gasteiger partial charge in [-0.05, 0) is 42.0 Å². The van der Waals surface area contributed by atoms with Gasteiger partial charge in [0.1, 0.15) is 5.76 Å². The first-order valence-electron chi connectivity index (χ1n) is 7.41. The van der Waals surface area contributed by atoms with Gasteiger partial charge in [-0.25, -0.2) is 0 Å². The van der Waals surface area contributed by atoms with E-state index in [1.807, 2.05) is 18.2 Å². The Kier molecular flexibility index (Phi) is 5.55. The molecule has 6 nitrogen and oxygen atoms in total. The second kappa shape index (κ2) is 8.03. The summed E-state index contributed by atoms with van der Waals surface area (Å²) in [6.45, 7) is 1.69. The van der Waals surface area contributed by atoms with Crippen LogP contribution in [0.4, 0.5) is 0 Å². The molecule has 0 bridgehead atoms. The predicted molar refractivity (Wildman–Crippen MR) is 95.9 cm³/mol. The molecule has 24 heavy (non-hydrogen) atoms. The SMILES string of the molecule is S=C(NCc1ccco1)N/N=C\c1cc(Cl)c2c(c1)OCCCO2. The fourth-order valence-electron chi connectivity index (χ4n) is 2.11. The molecule has 3 rings (SSSR count). The lowest BCUT2D eigenvalue weighted by molar-refractivity contribution is 0.297. The highest BCUT2D eigenvalue weighted by Crippen LogP contribution is 2.37. The maximum absolute atomic E-state index is 6.23. The van der Waals surface area contributed by atoms with Crippen LogP contribution in [0.2, 0.25) is 5.02 Å². The van der Waals surface area contributed by atoms with Crippen LogP contribution in [0.1, 0.15) is 17.7 Å². The molecule has 0 spiro atoms. The number of hydrogen-bond acceptors (Lipinski definition) is 5. The molecule has 2 heterocycles. The van der Waals surface area contributed by atoms with E-state index in [-0.39, 0.29) is 0 Å². The van der Waals surface area contributed by atoms with Gasteiger partial charge in [-0.3, -0.25) is 5.43 Å². The number of fused-ring (bicyclic) bond motifs is 1. The van der Waals surface area contributed by atoms with E-state index in [9.17, 15) is 0 Å². The Balaban J connectivity index is 1.57. The normalized spacial score (nSPS) is 13.5. The zero-order valence-corrected chi connectivity index (χ0v) is 14.3. The highest BCUT2D eigenvalue weighted by Gasteiger charge is 2.15. The number of furan rings is 1. The zero-order chi connectivity index (χ0) is 16.8. The molecule has 0 aliphatic carbocycles. The van der Waals surface area contributed by atoms with Crippen LogP contribution in [0.5, 0.6) is 11.5 Å². The number of rotatable bonds is 4. The van der Waals surface area contributed by atoms with Gasteiger partial charge in [-0.1, -0.05) is 11.6 Å². The minimum absolute atomic E-state index is 0.392. The fraction of sp³-hybridized carbons (Fsp3) is 0.250. The summed E-state index contributed by atoms with van der Waals surface area (Å²) in [4.78, 5) is 0. The van der Waals surface area contributed by atoms with E-state index >= 15 is 0 Å². The summed E-state index contributed by atoms with van der Waals surface area (Å²) in [7, 11) is 0. The third kappa shape index (κ3) is 4.39. The van der Waals surface area contributed by atoms with Crippen molar-refractivity contribution in [2.24, 2.45) is 5.10 Å². The minimum atomic E-state index is 0.392. The fourth-order valence-corrected chi connectivity index (χ4v) is 2.51. The Hall–Kier alpha value is -2.25. The molecule has 126 valence electrons.